The van der Waals surface area contributed by atoms with Gasteiger partial charge in [0, 0.05) is 44.8 Å². The molecule has 2 aliphatic rings. The van der Waals surface area contributed by atoms with Crippen LogP contribution in [0.3, 0.4) is 0 Å². The van der Waals surface area contributed by atoms with Crippen molar-refractivity contribution in [2.24, 2.45) is 0 Å². The molecular formula is C25H28FN3O4. The number of nitrogens with zero attached hydrogens (tertiary/aromatic N) is 3. The smallest absolute Gasteiger partial charge is 0.338 e. The first-order valence-electron chi connectivity index (χ1n) is 11.1. The number of benzene rings is 2. The average molecular weight is 454 g/mol. The number of esters is 1. The summed E-state index contributed by atoms with van der Waals surface area (Å²) in [4.78, 5) is 16.0. The standard InChI is InChI=1S/C25H28FN3O4/c1-15-18(5-6-22(26)20(15)11-27)24(31)13-29-9-7-28(8-10-29)12-23(30)17-3-4-19-21(16(17)2)14-33-25(19)32/h3-6,23-24,30-31H,7-10,12-14H2,1-2H3. The van der Waals surface area contributed by atoms with E-state index in [0.29, 0.717) is 29.8 Å². The quantitative estimate of drug-likeness (QED) is 0.648. The van der Waals surface area contributed by atoms with Crippen molar-refractivity contribution in [2.75, 3.05) is 39.3 Å². The molecule has 0 radical (unpaired) electrons. The Labute approximate surface area is 192 Å². The number of aliphatic hydroxyl groups excluding tert-OH is 2. The van der Waals surface area contributed by atoms with E-state index in [1.165, 1.54) is 6.07 Å². The summed E-state index contributed by atoms with van der Waals surface area (Å²) in [6.07, 6.45) is -1.48. The molecule has 2 unspecified atom stereocenters. The molecular weight excluding hydrogens is 425 g/mol. The number of fused-ring (bicyclic) bond motifs is 1. The highest BCUT2D eigenvalue weighted by atomic mass is 19.1. The predicted molar refractivity (Wildman–Crippen MR) is 119 cm³/mol. The Morgan fingerprint density at radius 1 is 1.00 bits per heavy atom. The third-order valence-electron chi connectivity index (χ3n) is 6.82. The molecule has 1 fully saturated rings. The Balaban J connectivity index is 1.33. The summed E-state index contributed by atoms with van der Waals surface area (Å²) in [7, 11) is 0. The molecule has 7 nitrogen and oxygen atoms in total. The molecule has 0 aliphatic carbocycles. The van der Waals surface area contributed by atoms with Crippen LogP contribution in [0, 0.1) is 31.0 Å². The van der Waals surface area contributed by atoms with Gasteiger partial charge in [0.1, 0.15) is 18.5 Å². The minimum Gasteiger partial charge on any atom is -0.457 e. The third kappa shape index (κ3) is 4.63. The molecule has 0 amide bonds. The maximum atomic E-state index is 13.8. The van der Waals surface area contributed by atoms with E-state index in [9.17, 15) is 19.4 Å². The van der Waals surface area contributed by atoms with Gasteiger partial charge in [0.15, 0.2) is 0 Å². The molecule has 2 aromatic carbocycles. The van der Waals surface area contributed by atoms with Crippen LogP contribution in [0.15, 0.2) is 24.3 Å². The number of halogens is 1. The molecule has 33 heavy (non-hydrogen) atoms. The molecule has 2 aromatic rings. The van der Waals surface area contributed by atoms with E-state index in [0.717, 1.165) is 42.9 Å². The lowest BCUT2D eigenvalue weighted by molar-refractivity contribution is 0.0479. The second kappa shape index (κ2) is 9.57. The average Bonchev–Trinajstić information content (AvgIpc) is 3.17. The Kier molecular flexibility index (Phi) is 6.77. The van der Waals surface area contributed by atoms with Gasteiger partial charge in [-0.2, -0.15) is 5.26 Å². The number of rotatable bonds is 6. The van der Waals surface area contributed by atoms with Crippen LogP contribution in [-0.4, -0.2) is 65.3 Å². The molecule has 8 heteroatoms. The van der Waals surface area contributed by atoms with E-state index < -0.39 is 18.0 Å². The largest absolute Gasteiger partial charge is 0.457 e. The highest BCUT2D eigenvalue weighted by Crippen LogP contribution is 2.30. The molecule has 0 saturated carbocycles. The molecule has 4 rings (SSSR count). The second-order valence-corrected chi connectivity index (χ2v) is 8.76. The van der Waals surface area contributed by atoms with Gasteiger partial charge in [0.05, 0.1) is 23.3 Å². The van der Waals surface area contributed by atoms with Crippen LogP contribution in [0.5, 0.6) is 0 Å². The molecule has 0 aromatic heterocycles. The number of aliphatic hydroxyl groups is 2. The van der Waals surface area contributed by atoms with Crippen molar-refractivity contribution >= 4 is 5.97 Å². The lowest BCUT2D eigenvalue weighted by Crippen LogP contribution is -2.48. The minimum absolute atomic E-state index is 0.0249. The van der Waals surface area contributed by atoms with Gasteiger partial charge in [-0.15, -0.1) is 0 Å². The molecule has 2 atom stereocenters. The zero-order chi connectivity index (χ0) is 23.7. The van der Waals surface area contributed by atoms with E-state index in [-0.39, 0.29) is 18.1 Å². The predicted octanol–water partition coefficient (Wildman–Crippen LogP) is 2.37. The van der Waals surface area contributed by atoms with Crippen molar-refractivity contribution in [3.05, 3.63) is 69.0 Å². The van der Waals surface area contributed by atoms with Gasteiger partial charge in [-0.3, -0.25) is 9.80 Å². The van der Waals surface area contributed by atoms with Gasteiger partial charge in [-0.05, 0) is 48.2 Å². The maximum Gasteiger partial charge on any atom is 0.338 e. The van der Waals surface area contributed by atoms with E-state index >= 15 is 0 Å². The summed E-state index contributed by atoms with van der Waals surface area (Å²) in [5.74, 6) is -0.886. The molecule has 0 bridgehead atoms. The van der Waals surface area contributed by atoms with Crippen LogP contribution in [-0.2, 0) is 11.3 Å². The second-order valence-electron chi connectivity index (χ2n) is 8.76. The highest BCUT2D eigenvalue weighted by Gasteiger charge is 2.27. The lowest BCUT2D eigenvalue weighted by atomic mass is 9.95. The number of carbonyl (C=O) groups is 1. The first kappa shape index (κ1) is 23.3. The first-order valence-corrected chi connectivity index (χ1v) is 11.1. The van der Waals surface area contributed by atoms with Crippen molar-refractivity contribution in [3.63, 3.8) is 0 Å². The molecule has 2 aliphatic heterocycles. The van der Waals surface area contributed by atoms with E-state index in [1.807, 2.05) is 13.0 Å². The van der Waals surface area contributed by atoms with Crippen molar-refractivity contribution in [2.45, 2.75) is 32.7 Å². The van der Waals surface area contributed by atoms with Crippen LogP contribution in [0.2, 0.25) is 0 Å². The Morgan fingerprint density at radius 3 is 2.12 bits per heavy atom. The summed E-state index contributed by atoms with van der Waals surface area (Å²) in [6, 6.07) is 8.17. The zero-order valence-electron chi connectivity index (χ0n) is 18.8. The molecule has 2 heterocycles. The van der Waals surface area contributed by atoms with Gasteiger partial charge in [0.25, 0.3) is 0 Å². The Hall–Kier alpha value is -2.83. The molecule has 174 valence electrons. The van der Waals surface area contributed by atoms with Gasteiger partial charge in [0.2, 0.25) is 0 Å². The van der Waals surface area contributed by atoms with Gasteiger partial charge in [-0.25, -0.2) is 9.18 Å². The van der Waals surface area contributed by atoms with Crippen LogP contribution in [0.4, 0.5) is 4.39 Å². The van der Waals surface area contributed by atoms with Crippen LogP contribution in [0.1, 0.15) is 55.9 Å². The Morgan fingerprint density at radius 2 is 1.55 bits per heavy atom. The number of piperazine rings is 1. The van der Waals surface area contributed by atoms with Crippen molar-refractivity contribution < 1.29 is 24.1 Å². The fourth-order valence-corrected chi connectivity index (χ4v) is 4.76. The monoisotopic (exact) mass is 453 g/mol. The highest BCUT2D eigenvalue weighted by molar-refractivity contribution is 5.93. The number of hydrogen-bond donors (Lipinski definition) is 2. The van der Waals surface area contributed by atoms with E-state index in [1.54, 1.807) is 25.1 Å². The number of cyclic esters (lactones) is 1. The summed E-state index contributed by atoms with van der Waals surface area (Å²) in [5.41, 5.74) is 4.16. The van der Waals surface area contributed by atoms with Crippen LogP contribution in [0.25, 0.3) is 0 Å². The molecule has 0 spiro atoms. The number of carbonyl (C=O) groups excluding carboxylic acids is 1. The van der Waals surface area contributed by atoms with Gasteiger partial charge in [-0.1, -0.05) is 12.1 Å². The van der Waals surface area contributed by atoms with Gasteiger partial charge < -0.3 is 14.9 Å². The number of hydrogen-bond acceptors (Lipinski definition) is 7. The summed E-state index contributed by atoms with van der Waals surface area (Å²) in [6.45, 7) is 7.62. The summed E-state index contributed by atoms with van der Waals surface area (Å²) >= 11 is 0. The summed E-state index contributed by atoms with van der Waals surface area (Å²) < 4.78 is 18.9. The minimum atomic E-state index is -0.811. The van der Waals surface area contributed by atoms with Crippen molar-refractivity contribution in [1.82, 2.24) is 9.80 Å². The molecule has 1 saturated heterocycles. The lowest BCUT2D eigenvalue weighted by Gasteiger charge is -2.36. The van der Waals surface area contributed by atoms with E-state index in [2.05, 4.69) is 9.80 Å². The maximum absolute atomic E-state index is 13.8. The number of β-amino-alcohol motifs (C(OH)–C–C–N with tert-alkyl or cyclic N) is 2. The summed E-state index contributed by atoms with van der Waals surface area (Å²) in [5, 5.41) is 30.7. The Bertz CT molecular complexity index is 1110. The normalized spacial score (nSPS) is 18.5. The third-order valence-corrected chi connectivity index (χ3v) is 6.82. The topological polar surface area (TPSA) is 97.0 Å². The van der Waals surface area contributed by atoms with E-state index in [4.69, 9.17) is 10.00 Å². The van der Waals surface area contributed by atoms with Crippen molar-refractivity contribution in [1.29, 1.82) is 5.26 Å². The van der Waals surface area contributed by atoms with Crippen molar-refractivity contribution in [3.8, 4) is 6.07 Å². The first-order chi connectivity index (χ1) is 15.8. The van der Waals surface area contributed by atoms with Crippen LogP contribution >= 0.6 is 0 Å². The fraction of sp³-hybridized carbons (Fsp3) is 0.440. The molecule has 2 N–H and O–H groups in total. The SMILES string of the molecule is Cc1c(C(O)CN2CCN(CC(O)c3ccc4c(c3C)COC4=O)CC2)ccc(F)c1C#N. The van der Waals surface area contributed by atoms with Gasteiger partial charge >= 0.3 is 5.97 Å². The zero-order valence-corrected chi connectivity index (χ0v) is 18.8. The fourth-order valence-electron chi connectivity index (χ4n) is 4.76. The number of nitriles is 1. The van der Waals surface area contributed by atoms with Crippen LogP contribution < -0.4 is 0 Å². The number of ether oxygens (including phenoxy) is 1.